The van der Waals surface area contributed by atoms with E-state index in [9.17, 15) is 27.2 Å². The minimum absolute atomic E-state index is 0.150. The minimum Gasteiger partial charge on any atom is -0.491 e. The highest BCUT2D eigenvalue weighted by Crippen LogP contribution is 2.39. The summed E-state index contributed by atoms with van der Waals surface area (Å²) in [5.74, 6) is -11.0. The SMILES string of the molecule is CCOC(=O)c1c(NC(=S)NC(=O)c2c(F)c(F)c(OC)c(F)c2F)sc2c1CCC2. The molecule has 1 aromatic carbocycles. The molecule has 0 saturated heterocycles. The van der Waals surface area contributed by atoms with Crippen LogP contribution in [0.25, 0.3) is 0 Å². The van der Waals surface area contributed by atoms with E-state index in [-0.39, 0.29) is 12.2 Å². The molecule has 0 saturated carbocycles. The highest BCUT2D eigenvalue weighted by atomic mass is 32.1. The second kappa shape index (κ2) is 9.18. The number of nitrogens with one attached hydrogen (secondary N) is 2. The Bertz CT molecular complexity index is 1060. The molecule has 12 heteroatoms. The Kier molecular flexibility index (Phi) is 6.80. The van der Waals surface area contributed by atoms with Gasteiger partial charge in [0.25, 0.3) is 5.91 Å². The predicted octanol–water partition coefficient (Wildman–Crippen LogP) is 4.11. The predicted molar refractivity (Wildman–Crippen MR) is 109 cm³/mol. The van der Waals surface area contributed by atoms with Crippen LogP contribution in [0.15, 0.2) is 0 Å². The van der Waals surface area contributed by atoms with E-state index in [0.717, 1.165) is 30.4 Å². The zero-order chi connectivity index (χ0) is 22.9. The number of esters is 1. The van der Waals surface area contributed by atoms with Crippen molar-refractivity contribution < 1.29 is 36.6 Å². The van der Waals surface area contributed by atoms with Crippen molar-refractivity contribution in [3.63, 3.8) is 0 Å². The zero-order valence-corrected chi connectivity index (χ0v) is 17.9. The second-order valence-electron chi connectivity index (χ2n) is 6.35. The molecule has 0 radical (unpaired) electrons. The summed E-state index contributed by atoms with van der Waals surface area (Å²) >= 11 is 6.22. The van der Waals surface area contributed by atoms with Crippen LogP contribution < -0.4 is 15.4 Å². The van der Waals surface area contributed by atoms with Crippen molar-refractivity contribution in [1.29, 1.82) is 0 Å². The number of hydrogen-bond donors (Lipinski definition) is 2. The number of methoxy groups -OCH3 is 1. The Morgan fingerprint density at radius 1 is 1.06 bits per heavy atom. The number of thiocarbonyl (C=S) groups is 1. The van der Waals surface area contributed by atoms with E-state index in [4.69, 9.17) is 17.0 Å². The highest BCUT2D eigenvalue weighted by Gasteiger charge is 2.31. The first-order valence-electron chi connectivity index (χ1n) is 9.05. The van der Waals surface area contributed by atoms with Crippen LogP contribution in [-0.4, -0.2) is 30.7 Å². The van der Waals surface area contributed by atoms with E-state index in [1.807, 2.05) is 5.32 Å². The number of rotatable bonds is 5. The number of hydrogen-bond acceptors (Lipinski definition) is 6. The second-order valence-corrected chi connectivity index (χ2v) is 7.87. The molecule has 31 heavy (non-hydrogen) atoms. The van der Waals surface area contributed by atoms with Crippen molar-refractivity contribution in [1.82, 2.24) is 5.32 Å². The number of carbonyl (C=O) groups excluding carboxylic acids is 2. The lowest BCUT2D eigenvalue weighted by atomic mass is 10.1. The molecule has 0 spiro atoms. The average Bonchev–Trinajstić information content (AvgIpc) is 3.27. The van der Waals surface area contributed by atoms with Gasteiger partial charge in [-0.15, -0.1) is 11.3 Å². The van der Waals surface area contributed by atoms with Crippen molar-refractivity contribution in [2.45, 2.75) is 26.2 Å². The fourth-order valence-electron chi connectivity index (χ4n) is 3.20. The van der Waals surface area contributed by atoms with Gasteiger partial charge in [-0.1, -0.05) is 0 Å². The van der Waals surface area contributed by atoms with Gasteiger partial charge in [0.05, 0.1) is 19.3 Å². The number of benzene rings is 1. The van der Waals surface area contributed by atoms with Crippen LogP contribution in [-0.2, 0) is 17.6 Å². The molecule has 2 N–H and O–H groups in total. The van der Waals surface area contributed by atoms with Gasteiger partial charge in [-0.25, -0.2) is 13.6 Å². The number of amides is 1. The number of ether oxygens (including phenoxy) is 2. The number of thiophene rings is 1. The van der Waals surface area contributed by atoms with E-state index in [0.29, 0.717) is 11.4 Å². The summed E-state index contributed by atoms with van der Waals surface area (Å²) in [5.41, 5.74) is -0.412. The molecular formula is C19H16F4N2O4S2. The lowest BCUT2D eigenvalue weighted by molar-refractivity contribution is 0.0527. The Balaban J connectivity index is 1.85. The molecule has 0 aliphatic heterocycles. The normalized spacial score (nSPS) is 12.3. The number of halogens is 4. The topological polar surface area (TPSA) is 76.7 Å². The van der Waals surface area contributed by atoms with Gasteiger partial charge in [0.15, 0.2) is 22.5 Å². The molecule has 166 valence electrons. The first kappa shape index (κ1) is 22.9. The van der Waals surface area contributed by atoms with Crippen molar-refractivity contribution >= 4 is 45.5 Å². The Morgan fingerprint density at radius 2 is 1.71 bits per heavy atom. The van der Waals surface area contributed by atoms with Gasteiger partial charge in [0.2, 0.25) is 11.6 Å². The Hall–Kier alpha value is -2.73. The maximum atomic E-state index is 14.1. The van der Waals surface area contributed by atoms with Gasteiger partial charge in [0, 0.05) is 4.88 Å². The summed E-state index contributed by atoms with van der Waals surface area (Å²) in [6.07, 6.45) is 2.30. The third kappa shape index (κ3) is 4.22. The number of fused-ring (bicyclic) bond motifs is 1. The summed E-state index contributed by atoms with van der Waals surface area (Å²) in [5, 5.41) is 4.46. The largest absolute Gasteiger partial charge is 0.491 e. The first-order valence-corrected chi connectivity index (χ1v) is 10.3. The number of aryl methyl sites for hydroxylation is 1. The maximum absolute atomic E-state index is 14.1. The van der Waals surface area contributed by atoms with Crippen LogP contribution in [0.3, 0.4) is 0 Å². The van der Waals surface area contributed by atoms with Gasteiger partial charge in [0.1, 0.15) is 10.6 Å². The molecule has 2 aromatic rings. The highest BCUT2D eigenvalue weighted by molar-refractivity contribution is 7.80. The molecule has 1 heterocycles. The summed E-state index contributed by atoms with van der Waals surface area (Å²) in [6, 6.07) is 0. The molecule has 3 rings (SSSR count). The van der Waals surface area contributed by atoms with E-state index in [1.165, 1.54) is 11.3 Å². The van der Waals surface area contributed by atoms with Crippen LogP contribution in [0.2, 0.25) is 0 Å². The van der Waals surface area contributed by atoms with Gasteiger partial charge in [-0.3, -0.25) is 10.1 Å². The van der Waals surface area contributed by atoms with Crippen molar-refractivity contribution in [3.8, 4) is 5.75 Å². The molecule has 1 aromatic heterocycles. The third-order valence-electron chi connectivity index (χ3n) is 4.51. The van der Waals surface area contributed by atoms with Gasteiger partial charge >= 0.3 is 5.97 Å². The number of anilines is 1. The van der Waals surface area contributed by atoms with Crippen LogP contribution in [0.4, 0.5) is 22.6 Å². The quantitative estimate of drug-likeness (QED) is 0.293. The number of carbonyl (C=O) groups is 2. The van der Waals surface area contributed by atoms with E-state index in [2.05, 4.69) is 10.1 Å². The molecular weight excluding hydrogens is 460 g/mol. The van der Waals surface area contributed by atoms with Crippen molar-refractivity contribution in [3.05, 3.63) is 44.8 Å². The summed E-state index contributed by atoms with van der Waals surface area (Å²) < 4.78 is 65.4. The minimum atomic E-state index is -1.93. The van der Waals surface area contributed by atoms with Crippen LogP contribution in [0.1, 0.15) is 44.5 Å². The molecule has 1 aliphatic carbocycles. The van der Waals surface area contributed by atoms with E-state index < -0.39 is 51.6 Å². The van der Waals surface area contributed by atoms with Crippen LogP contribution >= 0.6 is 23.6 Å². The summed E-state index contributed by atoms with van der Waals surface area (Å²) in [4.78, 5) is 25.6. The maximum Gasteiger partial charge on any atom is 0.341 e. The fourth-order valence-corrected chi connectivity index (χ4v) is 4.74. The fraction of sp³-hybridized carbons (Fsp3) is 0.316. The van der Waals surface area contributed by atoms with Gasteiger partial charge in [-0.05, 0) is 44.0 Å². The van der Waals surface area contributed by atoms with Gasteiger partial charge in [-0.2, -0.15) is 8.78 Å². The summed E-state index contributed by atoms with van der Waals surface area (Å²) in [7, 11) is 0.818. The third-order valence-corrected chi connectivity index (χ3v) is 5.92. The Morgan fingerprint density at radius 3 is 2.29 bits per heavy atom. The lowest BCUT2D eigenvalue weighted by Crippen LogP contribution is -2.35. The van der Waals surface area contributed by atoms with Crippen LogP contribution in [0.5, 0.6) is 5.75 Å². The molecule has 0 atom stereocenters. The van der Waals surface area contributed by atoms with Crippen molar-refractivity contribution in [2.75, 3.05) is 19.0 Å². The first-order chi connectivity index (χ1) is 14.7. The monoisotopic (exact) mass is 476 g/mol. The standard InChI is InChI=1S/C19H16F4N2O4S2/c1-3-29-18(27)9-7-5-4-6-8(7)31-17(9)25-19(30)24-16(26)10-11(20)13(22)15(28-2)14(23)12(10)21/h3-6H2,1-2H3,(H2,24,25,26,30). The smallest absolute Gasteiger partial charge is 0.341 e. The van der Waals surface area contributed by atoms with E-state index in [1.54, 1.807) is 6.92 Å². The summed E-state index contributed by atoms with van der Waals surface area (Å²) in [6.45, 7) is 1.80. The molecule has 0 bridgehead atoms. The molecule has 1 amide bonds. The Labute approximate surface area is 183 Å². The molecule has 6 nitrogen and oxygen atoms in total. The molecule has 1 aliphatic rings. The van der Waals surface area contributed by atoms with Crippen LogP contribution in [0, 0.1) is 23.3 Å². The van der Waals surface area contributed by atoms with Crippen molar-refractivity contribution in [2.24, 2.45) is 0 Å². The van der Waals surface area contributed by atoms with Gasteiger partial charge < -0.3 is 14.8 Å². The molecule has 0 unspecified atom stereocenters. The molecule has 0 fully saturated rings. The average molecular weight is 476 g/mol. The lowest BCUT2D eigenvalue weighted by Gasteiger charge is -2.13. The zero-order valence-electron chi connectivity index (χ0n) is 16.3. The van der Waals surface area contributed by atoms with E-state index >= 15 is 0 Å².